The summed E-state index contributed by atoms with van der Waals surface area (Å²) in [6.45, 7) is 6.00. The third kappa shape index (κ3) is 4.59. The molecule has 0 N–H and O–H groups in total. The molecule has 0 aliphatic carbocycles. The lowest BCUT2D eigenvalue weighted by atomic mass is 10.1. The maximum Gasteiger partial charge on any atom is 0.222 e. The molecule has 0 saturated carbocycles. The van der Waals surface area contributed by atoms with Crippen molar-refractivity contribution in [3.8, 4) is 5.75 Å². The van der Waals surface area contributed by atoms with E-state index in [2.05, 4.69) is 10.1 Å². The molecule has 0 spiro atoms. The molecule has 1 aromatic heterocycles. The van der Waals surface area contributed by atoms with E-state index in [1.807, 2.05) is 53.8 Å². The minimum Gasteiger partial charge on any atom is -0.494 e. The third-order valence-corrected chi connectivity index (χ3v) is 4.55. The van der Waals surface area contributed by atoms with Gasteiger partial charge in [-0.1, -0.05) is 18.2 Å². The number of likely N-dealkylation sites (tertiary alicyclic amines) is 1. The van der Waals surface area contributed by atoms with Gasteiger partial charge in [-0.25, -0.2) is 9.67 Å². The van der Waals surface area contributed by atoms with Crippen molar-refractivity contribution in [2.75, 3.05) is 19.7 Å². The van der Waals surface area contributed by atoms with E-state index in [0.29, 0.717) is 13.0 Å². The van der Waals surface area contributed by atoms with Crippen LogP contribution in [0.4, 0.5) is 0 Å². The number of amides is 1. The molecule has 1 amide bonds. The van der Waals surface area contributed by atoms with Crippen LogP contribution in [-0.2, 0) is 4.79 Å². The summed E-state index contributed by atoms with van der Waals surface area (Å²) in [4.78, 5) is 18.8. The number of carbonyl (C=O) groups is 1. The number of aryl methyl sites for hydroxylation is 2. The summed E-state index contributed by atoms with van der Waals surface area (Å²) in [6, 6.07) is 9.95. The summed E-state index contributed by atoms with van der Waals surface area (Å²) < 4.78 is 7.64. The van der Waals surface area contributed by atoms with Crippen LogP contribution in [0.1, 0.15) is 43.4 Å². The van der Waals surface area contributed by atoms with E-state index >= 15 is 0 Å². The van der Waals surface area contributed by atoms with Crippen LogP contribution >= 0.6 is 0 Å². The second-order valence-electron chi connectivity index (χ2n) is 6.55. The fourth-order valence-corrected chi connectivity index (χ4v) is 3.35. The van der Waals surface area contributed by atoms with Crippen molar-refractivity contribution in [3.05, 3.63) is 42.0 Å². The number of para-hydroxylation sites is 1. The number of piperidine rings is 1. The van der Waals surface area contributed by atoms with Gasteiger partial charge in [0.1, 0.15) is 17.4 Å². The van der Waals surface area contributed by atoms with Crippen LogP contribution in [0, 0.1) is 13.8 Å². The van der Waals surface area contributed by atoms with Crippen LogP contribution in [0.25, 0.3) is 0 Å². The van der Waals surface area contributed by atoms with Crippen molar-refractivity contribution in [2.24, 2.45) is 0 Å². The lowest BCUT2D eigenvalue weighted by Crippen LogP contribution is -2.41. The van der Waals surface area contributed by atoms with Gasteiger partial charge < -0.3 is 9.64 Å². The molecule has 134 valence electrons. The molecule has 2 heterocycles. The van der Waals surface area contributed by atoms with E-state index in [1.54, 1.807) is 0 Å². The summed E-state index contributed by atoms with van der Waals surface area (Å²) in [5.74, 6) is 2.77. The van der Waals surface area contributed by atoms with E-state index in [9.17, 15) is 4.79 Å². The molecular weight excluding hydrogens is 316 g/mol. The van der Waals surface area contributed by atoms with E-state index in [1.165, 1.54) is 0 Å². The number of carbonyl (C=O) groups excluding carboxylic acids is 1. The predicted molar refractivity (Wildman–Crippen MR) is 95.5 cm³/mol. The largest absolute Gasteiger partial charge is 0.494 e. The number of hydrogen-bond acceptors (Lipinski definition) is 4. The molecule has 1 atom stereocenters. The number of nitrogens with zero attached hydrogens (tertiary/aromatic N) is 4. The van der Waals surface area contributed by atoms with Crippen LogP contribution in [0.3, 0.4) is 0 Å². The lowest BCUT2D eigenvalue weighted by molar-refractivity contribution is -0.133. The van der Waals surface area contributed by atoms with Gasteiger partial charge in [0.2, 0.25) is 5.91 Å². The van der Waals surface area contributed by atoms with Crippen LogP contribution in [0.15, 0.2) is 30.3 Å². The molecule has 1 aromatic carbocycles. The Hall–Kier alpha value is -2.37. The van der Waals surface area contributed by atoms with Gasteiger partial charge >= 0.3 is 0 Å². The highest BCUT2D eigenvalue weighted by Crippen LogP contribution is 2.22. The molecule has 3 rings (SSSR count). The summed E-state index contributed by atoms with van der Waals surface area (Å²) in [7, 11) is 0. The van der Waals surface area contributed by atoms with E-state index in [-0.39, 0.29) is 11.9 Å². The molecule has 1 aliphatic heterocycles. The van der Waals surface area contributed by atoms with E-state index < -0.39 is 0 Å². The SMILES string of the molecule is Cc1nc(C)n(C2CCCN(C(=O)CCCOc3ccccc3)C2)n1. The first-order valence-electron chi connectivity index (χ1n) is 8.99. The van der Waals surface area contributed by atoms with Gasteiger partial charge in [-0.3, -0.25) is 4.79 Å². The van der Waals surface area contributed by atoms with Crippen LogP contribution < -0.4 is 4.74 Å². The Bertz CT molecular complexity index is 699. The van der Waals surface area contributed by atoms with Crippen molar-refractivity contribution < 1.29 is 9.53 Å². The van der Waals surface area contributed by atoms with Crippen molar-refractivity contribution in [1.29, 1.82) is 0 Å². The smallest absolute Gasteiger partial charge is 0.222 e. The van der Waals surface area contributed by atoms with Crippen molar-refractivity contribution >= 4 is 5.91 Å². The highest BCUT2D eigenvalue weighted by atomic mass is 16.5. The summed E-state index contributed by atoms with van der Waals surface area (Å²) in [5.41, 5.74) is 0. The lowest BCUT2D eigenvalue weighted by Gasteiger charge is -2.33. The maximum absolute atomic E-state index is 12.5. The molecule has 25 heavy (non-hydrogen) atoms. The van der Waals surface area contributed by atoms with Gasteiger partial charge in [0.05, 0.1) is 12.6 Å². The Kier molecular flexibility index (Phi) is 5.68. The summed E-state index contributed by atoms with van der Waals surface area (Å²) in [6.07, 6.45) is 3.31. The normalized spacial score (nSPS) is 17.5. The Labute approximate surface area is 148 Å². The Balaban J connectivity index is 1.46. The standard InChI is InChI=1S/C19H26N4O2/c1-15-20-16(2)23(21-15)17-8-6-12-22(14-17)19(24)11-7-13-25-18-9-4-3-5-10-18/h3-5,9-10,17H,6-8,11-14H2,1-2H3. The summed E-state index contributed by atoms with van der Waals surface area (Å²) in [5, 5.41) is 4.48. The first-order chi connectivity index (χ1) is 12.1. The molecule has 1 unspecified atom stereocenters. The van der Waals surface area contributed by atoms with Crippen molar-refractivity contribution in [3.63, 3.8) is 0 Å². The van der Waals surface area contributed by atoms with Crippen LogP contribution in [0.2, 0.25) is 0 Å². The second kappa shape index (κ2) is 8.14. The molecule has 6 nitrogen and oxygen atoms in total. The minimum absolute atomic E-state index is 0.204. The van der Waals surface area contributed by atoms with Gasteiger partial charge in [-0.2, -0.15) is 5.10 Å². The average Bonchev–Trinajstić information content (AvgIpc) is 2.98. The van der Waals surface area contributed by atoms with Crippen LogP contribution in [0.5, 0.6) is 5.75 Å². The maximum atomic E-state index is 12.5. The second-order valence-corrected chi connectivity index (χ2v) is 6.55. The quantitative estimate of drug-likeness (QED) is 0.757. The topological polar surface area (TPSA) is 60.2 Å². The third-order valence-electron chi connectivity index (χ3n) is 4.55. The van der Waals surface area contributed by atoms with Gasteiger partial charge in [-0.05, 0) is 45.2 Å². The Morgan fingerprint density at radius 3 is 2.80 bits per heavy atom. The average molecular weight is 342 g/mol. The fourth-order valence-electron chi connectivity index (χ4n) is 3.35. The molecule has 0 bridgehead atoms. The highest BCUT2D eigenvalue weighted by molar-refractivity contribution is 5.76. The van der Waals surface area contributed by atoms with E-state index in [0.717, 1.165) is 49.8 Å². The molecule has 1 saturated heterocycles. The number of hydrogen-bond donors (Lipinski definition) is 0. The number of rotatable bonds is 6. The zero-order valence-electron chi connectivity index (χ0n) is 15.0. The zero-order valence-corrected chi connectivity index (χ0v) is 15.0. The van der Waals surface area contributed by atoms with Crippen molar-refractivity contribution in [2.45, 2.75) is 45.6 Å². The molecule has 0 radical (unpaired) electrons. The van der Waals surface area contributed by atoms with E-state index in [4.69, 9.17) is 4.74 Å². The molecule has 2 aromatic rings. The zero-order chi connectivity index (χ0) is 17.6. The minimum atomic E-state index is 0.204. The summed E-state index contributed by atoms with van der Waals surface area (Å²) >= 11 is 0. The molecule has 1 aliphatic rings. The molecular formula is C19H26N4O2. The van der Waals surface area contributed by atoms with Gasteiger partial charge in [0.15, 0.2) is 0 Å². The molecule has 1 fully saturated rings. The number of aromatic nitrogens is 3. The van der Waals surface area contributed by atoms with Crippen LogP contribution in [-0.4, -0.2) is 45.3 Å². The highest BCUT2D eigenvalue weighted by Gasteiger charge is 2.26. The first-order valence-corrected chi connectivity index (χ1v) is 8.99. The first kappa shape index (κ1) is 17.5. The Morgan fingerprint density at radius 2 is 2.08 bits per heavy atom. The number of benzene rings is 1. The predicted octanol–water partition coefficient (Wildman–Crippen LogP) is 2.92. The number of ether oxygens (including phenoxy) is 1. The Morgan fingerprint density at radius 1 is 1.28 bits per heavy atom. The fraction of sp³-hybridized carbons (Fsp3) is 0.526. The van der Waals surface area contributed by atoms with Crippen molar-refractivity contribution in [1.82, 2.24) is 19.7 Å². The van der Waals surface area contributed by atoms with Gasteiger partial charge in [0.25, 0.3) is 0 Å². The van der Waals surface area contributed by atoms with Gasteiger partial charge in [0, 0.05) is 19.5 Å². The monoisotopic (exact) mass is 342 g/mol. The van der Waals surface area contributed by atoms with Gasteiger partial charge in [-0.15, -0.1) is 0 Å². The molecule has 6 heteroatoms.